The first kappa shape index (κ1) is 9.97. The Morgan fingerprint density at radius 2 is 1.86 bits per heavy atom. The van der Waals surface area contributed by atoms with Gasteiger partial charge in [0.1, 0.15) is 0 Å². The lowest BCUT2D eigenvalue weighted by atomic mass is 10.3. The van der Waals surface area contributed by atoms with Crippen molar-refractivity contribution >= 4 is 5.97 Å². The van der Waals surface area contributed by atoms with Crippen molar-refractivity contribution in [2.45, 2.75) is 0 Å². The molecular weight excluding hydrogens is 192 g/mol. The maximum atomic E-state index is 10.1. The van der Waals surface area contributed by atoms with Crippen molar-refractivity contribution in [2.75, 3.05) is 6.61 Å². The van der Waals surface area contributed by atoms with Gasteiger partial charge in [-0.25, -0.2) is 4.79 Å². The minimum Gasteiger partial charge on any atom is -0.504 e. The van der Waals surface area contributed by atoms with Crippen LogP contribution in [0.3, 0.4) is 0 Å². The van der Waals surface area contributed by atoms with Crippen LogP contribution in [-0.2, 0) is 4.79 Å². The number of hydrogen-bond acceptors (Lipinski definition) is 5. The number of rotatable bonds is 3. The number of hydrogen-bond donors (Lipinski definition) is 4. The van der Waals surface area contributed by atoms with Crippen LogP contribution in [-0.4, -0.2) is 33.0 Å². The number of phenols is 3. The summed E-state index contributed by atoms with van der Waals surface area (Å²) in [7, 11) is 0. The second-order valence-electron chi connectivity index (χ2n) is 2.46. The van der Waals surface area contributed by atoms with Crippen molar-refractivity contribution in [3.05, 3.63) is 12.1 Å². The molecule has 0 radical (unpaired) electrons. The number of phenolic OH excluding ortho intramolecular Hbond substituents is 3. The number of carboxylic acid groups (broad SMARTS) is 1. The Balaban J connectivity index is 2.88. The van der Waals surface area contributed by atoms with Gasteiger partial charge in [-0.2, -0.15) is 0 Å². The number of aromatic hydroxyl groups is 3. The van der Waals surface area contributed by atoms with Crippen LogP contribution in [0.25, 0.3) is 0 Å². The molecule has 0 aromatic heterocycles. The van der Waals surface area contributed by atoms with Gasteiger partial charge in [0.25, 0.3) is 0 Å². The summed E-state index contributed by atoms with van der Waals surface area (Å²) in [6.45, 7) is -0.641. The Kier molecular flexibility index (Phi) is 2.66. The smallest absolute Gasteiger partial charge is 0.341 e. The fourth-order valence-electron chi connectivity index (χ4n) is 0.806. The summed E-state index contributed by atoms with van der Waals surface area (Å²) in [5.74, 6) is -3.36. The van der Waals surface area contributed by atoms with Gasteiger partial charge in [0.15, 0.2) is 18.1 Å². The zero-order chi connectivity index (χ0) is 10.7. The zero-order valence-corrected chi connectivity index (χ0v) is 6.97. The van der Waals surface area contributed by atoms with Crippen LogP contribution in [0.5, 0.6) is 23.0 Å². The van der Waals surface area contributed by atoms with Gasteiger partial charge >= 0.3 is 5.97 Å². The average molecular weight is 200 g/mol. The van der Waals surface area contributed by atoms with E-state index in [1.165, 1.54) is 0 Å². The summed E-state index contributed by atoms with van der Waals surface area (Å²) < 4.78 is 4.61. The molecule has 76 valence electrons. The molecule has 0 atom stereocenters. The summed E-state index contributed by atoms with van der Waals surface area (Å²) in [6, 6.07) is 2.22. The zero-order valence-electron chi connectivity index (χ0n) is 6.97. The highest BCUT2D eigenvalue weighted by atomic mass is 16.5. The van der Waals surface area contributed by atoms with Crippen molar-refractivity contribution in [2.24, 2.45) is 0 Å². The molecule has 0 spiro atoms. The lowest BCUT2D eigenvalue weighted by Gasteiger charge is -2.07. The monoisotopic (exact) mass is 200 g/mol. The predicted octanol–water partition coefficient (Wildman–Crippen LogP) is 0.267. The molecule has 4 N–H and O–H groups in total. The summed E-state index contributed by atoms with van der Waals surface area (Å²) in [4.78, 5) is 10.1. The second kappa shape index (κ2) is 3.73. The summed E-state index contributed by atoms with van der Waals surface area (Å²) in [6.07, 6.45) is 0. The predicted molar refractivity (Wildman–Crippen MR) is 44.6 cm³/mol. The Bertz CT molecular complexity index is 359. The van der Waals surface area contributed by atoms with Crippen LogP contribution in [0.2, 0.25) is 0 Å². The topological polar surface area (TPSA) is 107 Å². The summed E-state index contributed by atoms with van der Waals surface area (Å²) >= 11 is 0. The highest BCUT2D eigenvalue weighted by Gasteiger charge is 2.12. The lowest BCUT2D eigenvalue weighted by molar-refractivity contribution is -0.139. The van der Waals surface area contributed by atoms with Gasteiger partial charge in [-0.1, -0.05) is 0 Å². The third-order valence-corrected chi connectivity index (χ3v) is 1.44. The van der Waals surface area contributed by atoms with Gasteiger partial charge in [0.05, 0.1) is 0 Å². The van der Waals surface area contributed by atoms with Gasteiger partial charge in [-0.05, 0) is 12.1 Å². The Hall–Kier alpha value is -2.11. The molecule has 14 heavy (non-hydrogen) atoms. The van der Waals surface area contributed by atoms with Crippen molar-refractivity contribution in [3.8, 4) is 23.0 Å². The van der Waals surface area contributed by atoms with Gasteiger partial charge in [-0.15, -0.1) is 0 Å². The molecule has 1 aromatic carbocycles. The van der Waals surface area contributed by atoms with Crippen LogP contribution in [0.15, 0.2) is 12.1 Å². The van der Waals surface area contributed by atoms with Crippen molar-refractivity contribution in [1.82, 2.24) is 0 Å². The quantitative estimate of drug-likeness (QED) is 0.521. The van der Waals surface area contributed by atoms with Crippen molar-refractivity contribution in [1.29, 1.82) is 0 Å². The molecular formula is C8H8O6. The maximum absolute atomic E-state index is 10.1. The fourth-order valence-corrected chi connectivity index (χ4v) is 0.806. The Morgan fingerprint density at radius 3 is 2.43 bits per heavy atom. The normalized spacial score (nSPS) is 9.71. The largest absolute Gasteiger partial charge is 0.504 e. The lowest BCUT2D eigenvalue weighted by Crippen LogP contribution is -2.09. The molecule has 0 unspecified atom stereocenters. The fraction of sp³-hybridized carbons (Fsp3) is 0.125. The van der Waals surface area contributed by atoms with E-state index in [9.17, 15) is 4.79 Å². The van der Waals surface area contributed by atoms with Crippen LogP contribution in [0.4, 0.5) is 0 Å². The van der Waals surface area contributed by atoms with E-state index >= 15 is 0 Å². The molecule has 0 heterocycles. The van der Waals surface area contributed by atoms with Crippen molar-refractivity contribution < 1.29 is 30.0 Å². The first-order valence-electron chi connectivity index (χ1n) is 3.61. The number of benzene rings is 1. The van der Waals surface area contributed by atoms with Crippen LogP contribution in [0, 0.1) is 0 Å². The first-order valence-corrected chi connectivity index (χ1v) is 3.61. The van der Waals surface area contributed by atoms with E-state index in [1.807, 2.05) is 0 Å². The third kappa shape index (κ3) is 1.98. The molecule has 0 fully saturated rings. The summed E-state index contributed by atoms with van der Waals surface area (Å²) in [5, 5.41) is 35.4. The molecule has 1 aromatic rings. The molecule has 0 saturated heterocycles. The van der Waals surface area contributed by atoms with Gasteiger partial charge in [0.2, 0.25) is 11.5 Å². The van der Waals surface area contributed by atoms with E-state index in [0.29, 0.717) is 0 Å². The SMILES string of the molecule is O=C(O)COc1ccc(O)c(O)c1O. The van der Waals surface area contributed by atoms with E-state index in [0.717, 1.165) is 12.1 Å². The molecule has 0 aliphatic heterocycles. The molecule has 0 bridgehead atoms. The molecule has 0 aliphatic carbocycles. The molecule has 0 saturated carbocycles. The summed E-state index contributed by atoms with van der Waals surface area (Å²) in [5.41, 5.74) is 0. The molecule has 6 nitrogen and oxygen atoms in total. The van der Waals surface area contributed by atoms with E-state index in [1.54, 1.807) is 0 Å². The standard InChI is InChI=1S/C8H8O6/c9-4-1-2-5(8(13)7(4)12)14-3-6(10)11/h1-2,9,12-13H,3H2,(H,10,11). The van der Waals surface area contributed by atoms with Crippen LogP contribution < -0.4 is 4.74 Å². The highest BCUT2D eigenvalue weighted by molar-refractivity contribution is 5.69. The van der Waals surface area contributed by atoms with Crippen LogP contribution in [0.1, 0.15) is 0 Å². The van der Waals surface area contributed by atoms with Gasteiger partial charge in [-0.3, -0.25) is 0 Å². The van der Waals surface area contributed by atoms with Crippen molar-refractivity contribution in [3.63, 3.8) is 0 Å². The highest BCUT2D eigenvalue weighted by Crippen LogP contribution is 2.41. The number of ether oxygens (including phenoxy) is 1. The third-order valence-electron chi connectivity index (χ3n) is 1.44. The minimum absolute atomic E-state index is 0.206. The van der Waals surface area contributed by atoms with E-state index < -0.39 is 29.8 Å². The molecule has 0 amide bonds. The van der Waals surface area contributed by atoms with Crippen LogP contribution >= 0.6 is 0 Å². The van der Waals surface area contributed by atoms with E-state index in [-0.39, 0.29) is 5.75 Å². The Labute approximate surface area is 78.6 Å². The number of aliphatic carboxylic acids is 1. The number of carbonyl (C=O) groups is 1. The minimum atomic E-state index is -1.21. The van der Waals surface area contributed by atoms with Gasteiger partial charge in [0, 0.05) is 0 Å². The maximum Gasteiger partial charge on any atom is 0.341 e. The Morgan fingerprint density at radius 1 is 1.21 bits per heavy atom. The first-order chi connectivity index (χ1) is 6.52. The molecule has 0 aliphatic rings. The van der Waals surface area contributed by atoms with Gasteiger partial charge < -0.3 is 25.2 Å². The number of carboxylic acids is 1. The second-order valence-corrected chi connectivity index (χ2v) is 2.46. The molecule has 6 heteroatoms. The van der Waals surface area contributed by atoms with E-state index in [2.05, 4.69) is 4.74 Å². The average Bonchev–Trinajstić information content (AvgIpc) is 2.13. The van der Waals surface area contributed by atoms with E-state index in [4.69, 9.17) is 20.4 Å². The molecule has 1 rings (SSSR count).